The second-order valence-corrected chi connectivity index (χ2v) is 4.74. The highest BCUT2D eigenvalue weighted by molar-refractivity contribution is 7.99. The summed E-state index contributed by atoms with van der Waals surface area (Å²) >= 11 is 1.56. The summed E-state index contributed by atoms with van der Waals surface area (Å²) in [7, 11) is 0. The summed E-state index contributed by atoms with van der Waals surface area (Å²) in [6.45, 7) is 4.28. The Morgan fingerprint density at radius 1 is 1.59 bits per heavy atom. The molecular formula is C12H17NO3S. The van der Waals surface area contributed by atoms with E-state index in [1.807, 2.05) is 6.92 Å². The third-order valence-corrected chi connectivity index (χ3v) is 3.35. The molecule has 1 atom stereocenters. The Morgan fingerprint density at radius 3 is 2.88 bits per heavy atom. The van der Waals surface area contributed by atoms with Gasteiger partial charge in [0.2, 0.25) is 0 Å². The molecule has 0 aliphatic heterocycles. The quantitative estimate of drug-likeness (QED) is 0.622. The summed E-state index contributed by atoms with van der Waals surface area (Å²) in [6.07, 6.45) is 1.52. The second kappa shape index (κ2) is 7.29. The van der Waals surface area contributed by atoms with Crippen molar-refractivity contribution in [3.05, 3.63) is 23.9 Å². The Morgan fingerprint density at radius 2 is 2.35 bits per heavy atom. The molecule has 1 rings (SSSR count). The monoisotopic (exact) mass is 255 g/mol. The Labute approximate surface area is 105 Å². The fraction of sp³-hybridized carbons (Fsp3) is 0.500. The van der Waals surface area contributed by atoms with Gasteiger partial charge in [0.05, 0.1) is 17.2 Å². The maximum atomic E-state index is 11.4. The fourth-order valence-electron chi connectivity index (χ4n) is 1.08. The first kappa shape index (κ1) is 14.0. The van der Waals surface area contributed by atoms with Crippen LogP contribution in [0.2, 0.25) is 0 Å². The summed E-state index contributed by atoms with van der Waals surface area (Å²) in [5, 5.41) is 9.74. The number of carbonyl (C=O) groups is 1. The van der Waals surface area contributed by atoms with Crippen molar-refractivity contribution in [2.75, 3.05) is 19.0 Å². The lowest BCUT2D eigenvalue weighted by Crippen LogP contribution is -2.05. The highest BCUT2D eigenvalue weighted by Gasteiger charge is 2.07. The molecule has 1 heterocycles. The first-order chi connectivity index (χ1) is 8.17. The molecule has 4 nitrogen and oxygen atoms in total. The van der Waals surface area contributed by atoms with Gasteiger partial charge in [-0.15, -0.1) is 11.8 Å². The SMILES string of the molecule is CCOC(=O)c1ccc(SCC(C)CO)nc1. The molecule has 0 bridgehead atoms. The number of pyridine rings is 1. The highest BCUT2D eigenvalue weighted by atomic mass is 32.2. The van der Waals surface area contributed by atoms with Crippen molar-refractivity contribution in [3.8, 4) is 0 Å². The van der Waals surface area contributed by atoms with Gasteiger partial charge in [-0.25, -0.2) is 9.78 Å². The van der Waals surface area contributed by atoms with Gasteiger partial charge in [-0.3, -0.25) is 0 Å². The lowest BCUT2D eigenvalue weighted by atomic mass is 10.2. The van der Waals surface area contributed by atoms with Gasteiger partial charge in [-0.2, -0.15) is 0 Å². The van der Waals surface area contributed by atoms with Crippen molar-refractivity contribution < 1.29 is 14.6 Å². The van der Waals surface area contributed by atoms with Crippen molar-refractivity contribution in [2.24, 2.45) is 5.92 Å². The number of aromatic nitrogens is 1. The van der Waals surface area contributed by atoms with E-state index >= 15 is 0 Å². The van der Waals surface area contributed by atoms with E-state index in [1.165, 1.54) is 6.20 Å². The second-order valence-electron chi connectivity index (χ2n) is 3.70. The van der Waals surface area contributed by atoms with Gasteiger partial charge in [-0.1, -0.05) is 6.92 Å². The van der Waals surface area contributed by atoms with E-state index in [0.717, 1.165) is 10.8 Å². The smallest absolute Gasteiger partial charge is 0.339 e. The minimum absolute atomic E-state index is 0.175. The molecule has 0 saturated heterocycles. The van der Waals surface area contributed by atoms with Gasteiger partial charge >= 0.3 is 5.97 Å². The maximum Gasteiger partial charge on any atom is 0.339 e. The van der Waals surface area contributed by atoms with Gasteiger partial charge in [0.25, 0.3) is 0 Å². The third kappa shape index (κ3) is 4.75. The van der Waals surface area contributed by atoms with Gasteiger partial charge in [0.1, 0.15) is 0 Å². The van der Waals surface area contributed by atoms with Crippen molar-refractivity contribution in [1.82, 2.24) is 4.98 Å². The molecule has 1 N–H and O–H groups in total. The number of ether oxygens (including phenoxy) is 1. The number of hydrogen-bond donors (Lipinski definition) is 1. The summed E-state index contributed by atoms with van der Waals surface area (Å²) in [6, 6.07) is 3.50. The van der Waals surface area contributed by atoms with E-state index in [4.69, 9.17) is 9.84 Å². The van der Waals surface area contributed by atoms with Crippen LogP contribution >= 0.6 is 11.8 Å². The van der Waals surface area contributed by atoms with E-state index in [1.54, 1.807) is 30.8 Å². The zero-order valence-electron chi connectivity index (χ0n) is 10.0. The summed E-state index contributed by atoms with van der Waals surface area (Å²) in [4.78, 5) is 15.5. The third-order valence-electron chi connectivity index (χ3n) is 2.07. The van der Waals surface area contributed by atoms with Gasteiger partial charge in [0.15, 0.2) is 0 Å². The van der Waals surface area contributed by atoms with E-state index in [2.05, 4.69) is 4.98 Å². The van der Waals surface area contributed by atoms with Gasteiger partial charge < -0.3 is 9.84 Å². The largest absolute Gasteiger partial charge is 0.462 e. The number of nitrogens with zero attached hydrogens (tertiary/aromatic N) is 1. The molecule has 0 aliphatic carbocycles. The molecule has 94 valence electrons. The minimum Gasteiger partial charge on any atom is -0.462 e. The summed E-state index contributed by atoms with van der Waals surface area (Å²) in [5.41, 5.74) is 0.464. The van der Waals surface area contributed by atoms with Crippen LogP contribution in [0.25, 0.3) is 0 Å². The summed E-state index contributed by atoms with van der Waals surface area (Å²) in [5.74, 6) is 0.703. The van der Waals surface area contributed by atoms with Crippen LogP contribution in [-0.4, -0.2) is 35.0 Å². The molecule has 0 radical (unpaired) electrons. The molecule has 0 spiro atoms. The number of aliphatic hydroxyl groups excluding tert-OH is 1. The van der Waals surface area contributed by atoms with Crippen LogP contribution in [0.3, 0.4) is 0 Å². The standard InChI is InChI=1S/C12H17NO3S/c1-3-16-12(15)10-4-5-11(13-6-10)17-8-9(2)7-14/h4-6,9,14H,3,7-8H2,1-2H3. The number of esters is 1. The molecule has 1 aromatic rings. The average molecular weight is 255 g/mol. The lowest BCUT2D eigenvalue weighted by Gasteiger charge is -2.06. The van der Waals surface area contributed by atoms with Gasteiger partial charge in [-0.05, 0) is 25.0 Å². The molecule has 0 aromatic carbocycles. The normalized spacial score (nSPS) is 12.2. The molecule has 5 heteroatoms. The predicted molar refractivity (Wildman–Crippen MR) is 67.2 cm³/mol. The summed E-state index contributed by atoms with van der Waals surface area (Å²) < 4.78 is 4.86. The Hall–Kier alpha value is -1.07. The van der Waals surface area contributed by atoms with E-state index in [0.29, 0.717) is 12.2 Å². The van der Waals surface area contributed by atoms with Crippen LogP contribution in [0.15, 0.2) is 23.4 Å². The number of carbonyl (C=O) groups excluding carboxylic acids is 1. The average Bonchev–Trinajstić information content (AvgIpc) is 2.36. The van der Waals surface area contributed by atoms with E-state index < -0.39 is 0 Å². The lowest BCUT2D eigenvalue weighted by molar-refractivity contribution is 0.0525. The number of rotatable bonds is 6. The van der Waals surface area contributed by atoms with Gasteiger partial charge in [0, 0.05) is 18.6 Å². The zero-order valence-corrected chi connectivity index (χ0v) is 10.9. The molecule has 1 unspecified atom stereocenters. The molecular weight excluding hydrogens is 238 g/mol. The Bertz CT molecular complexity index is 353. The zero-order chi connectivity index (χ0) is 12.7. The molecule has 17 heavy (non-hydrogen) atoms. The Kier molecular flexibility index (Phi) is 6.00. The van der Waals surface area contributed by atoms with Crippen LogP contribution in [0.4, 0.5) is 0 Å². The molecule has 0 fully saturated rings. The van der Waals surface area contributed by atoms with E-state index in [9.17, 15) is 4.79 Å². The topological polar surface area (TPSA) is 59.4 Å². The molecule has 0 saturated carbocycles. The first-order valence-corrected chi connectivity index (χ1v) is 6.52. The maximum absolute atomic E-state index is 11.4. The van der Waals surface area contributed by atoms with Crippen LogP contribution in [0.1, 0.15) is 24.2 Å². The number of hydrogen-bond acceptors (Lipinski definition) is 5. The molecule has 0 amide bonds. The number of aliphatic hydroxyl groups is 1. The van der Waals surface area contributed by atoms with Crippen LogP contribution in [0, 0.1) is 5.92 Å². The van der Waals surface area contributed by atoms with Crippen LogP contribution < -0.4 is 0 Å². The van der Waals surface area contributed by atoms with Crippen molar-refractivity contribution in [1.29, 1.82) is 0 Å². The Balaban J connectivity index is 2.53. The van der Waals surface area contributed by atoms with Crippen molar-refractivity contribution in [2.45, 2.75) is 18.9 Å². The molecule has 0 aliphatic rings. The van der Waals surface area contributed by atoms with E-state index in [-0.39, 0.29) is 18.5 Å². The fourth-order valence-corrected chi connectivity index (χ4v) is 1.93. The van der Waals surface area contributed by atoms with Crippen molar-refractivity contribution in [3.63, 3.8) is 0 Å². The number of thioether (sulfide) groups is 1. The predicted octanol–water partition coefficient (Wildman–Crippen LogP) is 1.98. The van der Waals surface area contributed by atoms with Crippen molar-refractivity contribution >= 4 is 17.7 Å². The minimum atomic E-state index is -0.347. The highest BCUT2D eigenvalue weighted by Crippen LogP contribution is 2.18. The first-order valence-electron chi connectivity index (χ1n) is 5.54. The van der Waals surface area contributed by atoms with Crippen LogP contribution in [-0.2, 0) is 4.74 Å². The van der Waals surface area contributed by atoms with Crippen LogP contribution in [0.5, 0.6) is 0 Å². The molecule has 1 aromatic heterocycles.